The normalized spacial score (nSPS) is 10.9. The molecule has 0 bridgehead atoms. The van der Waals surface area contributed by atoms with E-state index in [1.54, 1.807) is 18.2 Å². The van der Waals surface area contributed by atoms with Gasteiger partial charge in [0, 0.05) is 28.7 Å². The number of aromatic nitrogens is 3. The van der Waals surface area contributed by atoms with Gasteiger partial charge in [-0.25, -0.2) is 0 Å². The number of benzene rings is 2. The smallest absolute Gasteiger partial charge is 0.259 e. The van der Waals surface area contributed by atoms with E-state index in [1.165, 1.54) is 0 Å². The zero-order chi connectivity index (χ0) is 16.5. The highest BCUT2D eigenvalue weighted by Gasteiger charge is 2.13. The van der Waals surface area contributed by atoms with Gasteiger partial charge in [-0.2, -0.15) is 4.98 Å². The summed E-state index contributed by atoms with van der Waals surface area (Å²) in [5.74, 6) is 0.872. The first-order valence-electron chi connectivity index (χ1n) is 7.23. The summed E-state index contributed by atoms with van der Waals surface area (Å²) in [4.78, 5) is 4.42. The summed E-state index contributed by atoms with van der Waals surface area (Å²) in [5, 5.41) is 5.07. The second-order valence-electron chi connectivity index (χ2n) is 5.18. The molecule has 0 aliphatic rings. The van der Waals surface area contributed by atoms with Gasteiger partial charge in [0.1, 0.15) is 0 Å². The van der Waals surface area contributed by atoms with Crippen molar-refractivity contribution in [1.82, 2.24) is 14.7 Å². The molecule has 0 saturated carbocycles. The summed E-state index contributed by atoms with van der Waals surface area (Å²) < 4.78 is 7.36. The van der Waals surface area contributed by atoms with Crippen molar-refractivity contribution in [2.24, 2.45) is 0 Å². The van der Waals surface area contributed by atoms with Gasteiger partial charge in [0.05, 0.1) is 10.6 Å². The lowest BCUT2D eigenvalue weighted by Gasteiger charge is -2.02. The molecule has 0 amide bonds. The van der Waals surface area contributed by atoms with E-state index in [-0.39, 0.29) is 0 Å². The number of rotatable bonds is 3. The fraction of sp³-hybridized carbons (Fsp3) is 0. The van der Waals surface area contributed by atoms with E-state index in [4.69, 9.17) is 27.7 Å². The van der Waals surface area contributed by atoms with E-state index in [9.17, 15) is 0 Å². The van der Waals surface area contributed by atoms with E-state index in [1.807, 2.05) is 53.4 Å². The van der Waals surface area contributed by atoms with Crippen LogP contribution in [0.25, 0.3) is 28.5 Å². The lowest BCUT2D eigenvalue weighted by molar-refractivity contribution is 0.432. The van der Waals surface area contributed by atoms with Crippen LogP contribution in [0.2, 0.25) is 10.0 Å². The SMILES string of the molecule is Clc1ccc(-c2nc(-c3ccc(-n4cccc4)cc3)no2)c(Cl)c1. The molecular formula is C18H11Cl2N3O. The molecule has 0 spiro atoms. The lowest BCUT2D eigenvalue weighted by Crippen LogP contribution is -1.89. The molecule has 2 aromatic heterocycles. The van der Waals surface area contributed by atoms with Crippen molar-refractivity contribution in [3.63, 3.8) is 0 Å². The monoisotopic (exact) mass is 355 g/mol. The van der Waals surface area contributed by atoms with E-state index in [0.29, 0.717) is 27.3 Å². The van der Waals surface area contributed by atoms with E-state index in [2.05, 4.69) is 10.1 Å². The molecule has 2 aromatic carbocycles. The fourth-order valence-corrected chi connectivity index (χ4v) is 2.89. The van der Waals surface area contributed by atoms with E-state index in [0.717, 1.165) is 11.3 Å². The van der Waals surface area contributed by atoms with Crippen molar-refractivity contribution in [3.8, 4) is 28.5 Å². The Balaban J connectivity index is 1.65. The van der Waals surface area contributed by atoms with Gasteiger partial charge in [-0.1, -0.05) is 28.4 Å². The highest BCUT2D eigenvalue weighted by atomic mass is 35.5. The van der Waals surface area contributed by atoms with Crippen LogP contribution in [-0.2, 0) is 0 Å². The van der Waals surface area contributed by atoms with Gasteiger partial charge in [0.25, 0.3) is 5.89 Å². The molecule has 0 radical (unpaired) electrons. The zero-order valence-electron chi connectivity index (χ0n) is 12.4. The maximum Gasteiger partial charge on any atom is 0.259 e. The van der Waals surface area contributed by atoms with Crippen LogP contribution < -0.4 is 0 Å². The summed E-state index contributed by atoms with van der Waals surface area (Å²) in [5.41, 5.74) is 2.59. The maximum atomic E-state index is 6.18. The Hall–Kier alpha value is -2.56. The van der Waals surface area contributed by atoms with Crippen molar-refractivity contribution in [1.29, 1.82) is 0 Å². The maximum absolute atomic E-state index is 6.18. The lowest BCUT2D eigenvalue weighted by atomic mass is 10.2. The van der Waals surface area contributed by atoms with Gasteiger partial charge < -0.3 is 9.09 Å². The molecule has 2 heterocycles. The van der Waals surface area contributed by atoms with Gasteiger partial charge in [-0.3, -0.25) is 0 Å². The standard InChI is InChI=1S/C18H11Cl2N3O/c19-13-5-8-15(16(20)11-13)18-21-17(22-24-18)12-3-6-14(7-4-12)23-9-1-2-10-23/h1-11H. The fourth-order valence-electron chi connectivity index (χ4n) is 2.40. The van der Waals surface area contributed by atoms with Crippen LogP contribution in [0.1, 0.15) is 0 Å². The van der Waals surface area contributed by atoms with Crippen LogP contribution in [0, 0.1) is 0 Å². The first kappa shape index (κ1) is 15.0. The molecule has 0 aliphatic heterocycles. The molecule has 4 aromatic rings. The first-order valence-corrected chi connectivity index (χ1v) is 7.99. The Bertz CT molecular complexity index is 976. The van der Waals surface area contributed by atoms with Crippen LogP contribution in [0.15, 0.2) is 71.5 Å². The molecule has 0 fully saturated rings. The van der Waals surface area contributed by atoms with Gasteiger partial charge >= 0.3 is 0 Å². The first-order chi connectivity index (χ1) is 11.7. The van der Waals surface area contributed by atoms with Gasteiger partial charge in [-0.05, 0) is 54.6 Å². The topological polar surface area (TPSA) is 43.9 Å². The third-order valence-electron chi connectivity index (χ3n) is 3.62. The Morgan fingerprint density at radius 2 is 1.67 bits per heavy atom. The second-order valence-corrected chi connectivity index (χ2v) is 6.03. The predicted molar refractivity (Wildman–Crippen MR) is 94.5 cm³/mol. The molecule has 4 rings (SSSR count). The molecule has 118 valence electrons. The Morgan fingerprint density at radius 1 is 0.917 bits per heavy atom. The van der Waals surface area contributed by atoms with Crippen molar-refractivity contribution in [2.75, 3.05) is 0 Å². The van der Waals surface area contributed by atoms with Crippen LogP contribution in [-0.4, -0.2) is 14.7 Å². The summed E-state index contributed by atoms with van der Waals surface area (Å²) in [6, 6.07) is 17.0. The van der Waals surface area contributed by atoms with Crippen molar-refractivity contribution >= 4 is 23.2 Å². The van der Waals surface area contributed by atoms with Crippen molar-refractivity contribution in [2.45, 2.75) is 0 Å². The number of halogens is 2. The molecule has 0 aliphatic carbocycles. The summed E-state index contributed by atoms with van der Waals surface area (Å²) >= 11 is 12.1. The quantitative estimate of drug-likeness (QED) is 0.487. The highest BCUT2D eigenvalue weighted by Crippen LogP contribution is 2.30. The van der Waals surface area contributed by atoms with E-state index >= 15 is 0 Å². The van der Waals surface area contributed by atoms with Gasteiger partial charge in [0.15, 0.2) is 0 Å². The minimum atomic E-state index is 0.362. The molecule has 24 heavy (non-hydrogen) atoms. The Kier molecular flexibility index (Phi) is 3.84. The summed E-state index contributed by atoms with van der Waals surface area (Å²) in [6.07, 6.45) is 3.98. The summed E-state index contributed by atoms with van der Waals surface area (Å²) in [6.45, 7) is 0. The molecule has 6 heteroatoms. The Labute approximate surface area is 148 Å². The van der Waals surface area contributed by atoms with Crippen LogP contribution in [0.5, 0.6) is 0 Å². The predicted octanol–water partition coefficient (Wildman–Crippen LogP) is 5.50. The highest BCUT2D eigenvalue weighted by molar-refractivity contribution is 6.36. The zero-order valence-corrected chi connectivity index (χ0v) is 13.9. The van der Waals surface area contributed by atoms with Crippen LogP contribution in [0.4, 0.5) is 0 Å². The van der Waals surface area contributed by atoms with Crippen molar-refractivity contribution in [3.05, 3.63) is 77.0 Å². The molecule has 4 nitrogen and oxygen atoms in total. The molecule has 0 saturated heterocycles. The third kappa shape index (κ3) is 2.82. The summed E-state index contributed by atoms with van der Waals surface area (Å²) in [7, 11) is 0. The minimum Gasteiger partial charge on any atom is -0.334 e. The molecule has 0 unspecified atom stereocenters. The average molecular weight is 356 g/mol. The van der Waals surface area contributed by atoms with E-state index < -0.39 is 0 Å². The van der Waals surface area contributed by atoms with Crippen LogP contribution in [0.3, 0.4) is 0 Å². The van der Waals surface area contributed by atoms with Crippen molar-refractivity contribution < 1.29 is 4.52 Å². The molecule has 0 atom stereocenters. The van der Waals surface area contributed by atoms with Gasteiger partial charge in [0.2, 0.25) is 5.82 Å². The minimum absolute atomic E-state index is 0.362. The Morgan fingerprint density at radius 3 is 2.38 bits per heavy atom. The van der Waals surface area contributed by atoms with Crippen LogP contribution >= 0.6 is 23.2 Å². The third-order valence-corrected chi connectivity index (χ3v) is 4.16. The number of nitrogens with zero attached hydrogens (tertiary/aromatic N) is 3. The second kappa shape index (κ2) is 6.15. The number of hydrogen-bond acceptors (Lipinski definition) is 3. The molecular weight excluding hydrogens is 345 g/mol. The average Bonchev–Trinajstić information content (AvgIpc) is 3.27. The largest absolute Gasteiger partial charge is 0.334 e. The molecule has 0 N–H and O–H groups in total. The van der Waals surface area contributed by atoms with Gasteiger partial charge in [-0.15, -0.1) is 0 Å². The number of hydrogen-bond donors (Lipinski definition) is 0.